The minimum absolute atomic E-state index is 0.240. The lowest BCUT2D eigenvalue weighted by atomic mass is 9.79. The molecule has 0 aliphatic heterocycles. The lowest BCUT2D eigenvalue weighted by Gasteiger charge is -2.34. The van der Waals surface area contributed by atoms with Gasteiger partial charge in [0.15, 0.2) is 0 Å². The molecule has 2 rings (SSSR count). The molecule has 0 bridgehead atoms. The predicted octanol–water partition coefficient (Wildman–Crippen LogP) is 3.11. The van der Waals surface area contributed by atoms with Gasteiger partial charge in [-0.3, -0.25) is 0 Å². The van der Waals surface area contributed by atoms with Crippen molar-refractivity contribution in [3.63, 3.8) is 0 Å². The van der Waals surface area contributed by atoms with Gasteiger partial charge in [-0.15, -0.1) is 0 Å². The molecule has 1 aromatic rings. The summed E-state index contributed by atoms with van der Waals surface area (Å²) in [6, 6.07) is 5.74. The Balaban J connectivity index is 2.30. The van der Waals surface area contributed by atoms with Crippen molar-refractivity contribution in [2.45, 2.75) is 37.0 Å². The van der Waals surface area contributed by atoms with Crippen LogP contribution in [0.15, 0.2) is 24.3 Å². The van der Waals surface area contributed by atoms with E-state index >= 15 is 0 Å². The Hall–Kier alpha value is -1.26. The molecule has 5 heteroatoms. The fourth-order valence-corrected chi connectivity index (χ4v) is 2.19. The van der Waals surface area contributed by atoms with Crippen molar-refractivity contribution in [2.75, 3.05) is 5.73 Å². The minimum Gasteiger partial charge on any atom is -0.399 e. The van der Waals surface area contributed by atoms with E-state index < -0.39 is 37.0 Å². The fraction of sp³-hybridized carbons (Fsp3) is 0.500. The number of nitrogen functional groups attached to an aromatic ring is 1. The molecule has 0 amide bonds. The Labute approximate surface area is 96.6 Å². The SMILES string of the molecule is Nc1ccc(C2C(F)C(F)CC(F)C2F)cc1. The maximum absolute atomic E-state index is 13.6. The average Bonchev–Trinajstić information content (AvgIpc) is 2.29. The summed E-state index contributed by atoms with van der Waals surface area (Å²) in [5, 5.41) is 0. The van der Waals surface area contributed by atoms with Gasteiger partial charge in [0, 0.05) is 12.1 Å². The molecule has 1 aliphatic carbocycles. The van der Waals surface area contributed by atoms with E-state index in [0.29, 0.717) is 5.69 Å². The summed E-state index contributed by atoms with van der Waals surface area (Å²) in [6.45, 7) is 0. The molecule has 1 nitrogen and oxygen atoms in total. The molecule has 1 fully saturated rings. The first kappa shape index (κ1) is 12.2. The van der Waals surface area contributed by atoms with Gasteiger partial charge < -0.3 is 5.73 Å². The van der Waals surface area contributed by atoms with Crippen LogP contribution in [0, 0.1) is 0 Å². The van der Waals surface area contributed by atoms with Gasteiger partial charge >= 0.3 is 0 Å². The molecule has 94 valence electrons. The van der Waals surface area contributed by atoms with Crippen LogP contribution in [0.2, 0.25) is 0 Å². The minimum atomic E-state index is -2.01. The Bertz CT molecular complexity index is 367. The number of nitrogens with two attached hydrogens (primary N) is 1. The molecule has 4 unspecified atom stereocenters. The van der Waals surface area contributed by atoms with Crippen LogP contribution in [0.1, 0.15) is 17.9 Å². The highest BCUT2D eigenvalue weighted by molar-refractivity contribution is 5.41. The molecule has 0 aromatic heterocycles. The van der Waals surface area contributed by atoms with E-state index in [1.807, 2.05) is 0 Å². The molecule has 0 saturated heterocycles. The first-order valence-electron chi connectivity index (χ1n) is 5.42. The largest absolute Gasteiger partial charge is 0.399 e. The molecule has 0 radical (unpaired) electrons. The van der Waals surface area contributed by atoms with Crippen LogP contribution in [-0.2, 0) is 0 Å². The number of halogens is 4. The van der Waals surface area contributed by atoms with Gasteiger partial charge in [0.05, 0.1) is 5.92 Å². The molecule has 17 heavy (non-hydrogen) atoms. The van der Waals surface area contributed by atoms with Crippen molar-refractivity contribution >= 4 is 5.69 Å². The van der Waals surface area contributed by atoms with Gasteiger partial charge in [0.1, 0.15) is 24.7 Å². The number of hydrogen-bond acceptors (Lipinski definition) is 1. The van der Waals surface area contributed by atoms with Crippen molar-refractivity contribution < 1.29 is 17.6 Å². The smallest absolute Gasteiger partial charge is 0.141 e. The molecule has 2 N–H and O–H groups in total. The third kappa shape index (κ3) is 2.23. The molecule has 1 aromatic carbocycles. The van der Waals surface area contributed by atoms with Crippen molar-refractivity contribution in [3.8, 4) is 0 Å². The summed E-state index contributed by atoms with van der Waals surface area (Å²) in [6.07, 6.45) is -8.66. The van der Waals surface area contributed by atoms with E-state index in [2.05, 4.69) is 0 Å². The maximum atomic E-state index is 13.6. The first-order chi connectivity index (χ1) is 8.00. The third-order valence-corrected chi connectivity index (χ3v) is 3.15. The van der Waals surface area contributed by atoms with E-state index in [1.165, 1.54) is 24.3 Å². The highest BCUT2D eigenvalue weighted by Crippen LogP contribution is 2.40. The number of hydrogen-bond donors (Lipinski definition) is 1. The van der Waals surface area contributed by atoms with E-state index in [-0.39, 0.29) is 5.56 Å². The normalized spacial score (nSPS) is 38.0. The molecular formula is C12H13F4N. The second-order valence-electron chi connectivity index (χ2n) is 4.35. The molecule has 0 heterocycles. The van der Waals surface area contributed by atoms with Gasteiger partial charge in [0.2, 0.25) is 0 Å². The van der Waals surface area contributed by atoms with Gasteiger partial charge in [-0.25, -0.2) is 17.6 Å². The van der Waals surface area contributed by atoms with Crippen LogP contribution in [0.4, 0.5) is 23.2 Å². The number of alkyl halides is 4. The zero-order valence-electron chi connectivity index (χ0n) is 8.99. The van der Waals surface area contributed by atoms with E-state index in [9.17, 15) is 17.6 Å². The van der Waals surface area contributed by atoms with Gasteiger partial charge in [-0.2, -0.15) is 0 Å². The number of anilines is 1. The van der Waals surface area contributed by atoms with Crippen LogP contribution in [-0.4, -0.2) is 24.7 Å². The van der Waals surface area contributed by atoms with E-state index in [0.717, 1.165) is 0 Å². The standard InChI is InChI=1S/C12H13F4N/c13-8-5-9(14)12(16)10(11(8)15)6-1-3-7(17)4-2-6/h1-4,8-12H,5,17H2. The quantitative estimate of drug-likeness (QED) is 0.599. The van der Waals surface area contributed by atoms with Gasteiger partial charge in [-0.1, -0.05) is 12.1 Å². The Kier molecular flexibility index (Phi) is 3.26. The summed E-state index contributed by atoms with van der Waals surface area (Å²) >= 11 is 0. The topological polar surface area (TPSA) is 26.0 Å². The Morgan fingerprint density at radius 3 is 1.82 bits per heavy atom. The molecular weight excluding hydrogens is 234 g/mol. The first-order valence-corrected chi connectivity index (χ1v) is 5.42. The average molecular weight is 247 g/mol. The van der Waals surface area contributed by atoms with E-state index in [4.69, 9.17) is 5.73 Å². The van der Waals surface area contributed by atoms with Crippen LogP contribution < -0.4 is 5.73 Å². The molecule has 0 spiro atoms. The number of rotatable bonds is 1. The van der Waals surface area contributed by atoms with Gasteiger partial charge in [0.25, 0.3) is 0 Å². The van der Waals surface area contributed by atoms with Crippen LogP contribution in [0.3, 0.4) is 0 Å². The lowest BCUT2D eigenvalue weighted by molar-refractivity contribution is -0.00570. The molecule has 1 aliphatic rings. The van der Waals surface area contributed by atoms with Crippen LogP contribution in [0.25, 0.3) is 0 Å². The highest BCUT2D eigenvalue weighted by atomic mass is 19.2. The Morgan fingerprint density at radius 2 is 1.35 bits per heavy atom. The lowest BCUT2D eigenvalue weighted by Crippen LogP contribution is -2.43. The fourth-order valence-electron chi connectivity index (χ4n) is 2.19. The highest BCUT2D eigenvalue weighted by Gasteiger charge is 2.47. The third-order valence-electron chi connectivity index (χ3n) is 3.15. The monoisotopic (exact) mass is 247 g/mol. The summed E-state index contributed by atoms with van der Waals surface area (Å²) < 4.78 is 53.7. The zero-order chi connectivity index (χ0) is 12.6. The van der Waals surface area contributed by atoms with E-state index in [1.54, 1.807) is 0 Å². The van der Waals surface area contributed by atoms with Crippen molar-refractivity contribution in [2.24, 2.45) is 0 Å². The second kappa shape index (κ2) is 4.55. The summed E-state index contributed by atoms with van der Waals surface area (Å²) in [5.41, 5.74) is 6.12. The summed E-state index contributed by atoms with van der Waals surface area (Å²) in [5.74, 6) is -1.39. The maximum Gasteiger partial charge on any atom is 0.141 e. The molecule has 1 saturated carbocycles. The Morgan fingerprint density at radius 1 is 0.882 bits per heavy atom. The van der Waals surface area contributed by atoms with Crippen LogP contribution in [0.5, 0.6) is 0 Å². The van der Waals surface area contributed by atoms with Crippen molar-refractivity contribution in [1.29, 1.82) is 0 Å². The predicted molar refractivity (Wildman–Crippen MR) is 57.8 cm³/mol. The second-order valence-corrected chi connectivity index (χ2v) is 4.35. The number of benzene rings is 1. The van der Waals surface area contributed by atoms with Crippen LogP contribution >= 0.6 is 0 Å². The zero-order valence-corrected chi connectivity index (χ0v) is 8.99. The molecule has 4 atom stereocenters. The summed E-state index contributed by atoms with van der Waals surface area (Å²) in [7, 11) is 0. The summed E-state index contributed by atoms with van der Waals surface area (Å²) in [4.78, 5) is 0. The van der Waals surface area contributed by atoms with Crippen molar-refractivity contribution in [3.05, 3.63) is 29.8 Å². The van der Waals surface area contributed by atoms with Crippen molar-refractivity contribution in [1.82, 2.24) is 0 Å². The van der Waals surface area contributed by atoms with Gasteiger partial charge in [-0.05, 0) is 17.7 Å².